The number of hydrogen-bond donors (Lipinski definition) is 0. The van der Waals surface area contributed by atoms with Crippen LogP contribution in [0.25, 0.3) is 48.9 Å². The topological polar surface area (TPSA) is 91.2 Å². The lowest BCUT2D eigenvalue weighted by atomic mass is 9.75. The number of carbonyl (C=O) groups excluding carboxylic acids is 2. The van der Waals surface area contributed by atoms with Crippen LogP contribution in [0.3, 0.4) is 0 Å². The van der Waals surface area contributed by atoms with Crippen molar-refractivity contribution in [1.82, 2.24) is 4.40 Å². The van der Waals surface area contributed by atoms with Crippen molar-refractivity contribution in [3.63, 3.8) is 0 Å². The van der Waals surface area contributed by atoms with Gasteiger partial charge in [0.25, 0.3) is 0 Å². The first kappa shape index (κ1) is 26.8. The number of hydrogen-bond acceptors (Lipinski definition) is 6. The van der Waals surface area contributed by atoms with Crippen LogP contribution in [0.1, 0.15) is 53.0 Å². The van der Waals surface area contributed by atoms with Crippen molar-refractivity contribution in [2.24, 2.45) is 11.3 Å². The van der Waals surface area contributed by atoms with Crippen molar-refractivity contribution < 1.29 is 19.1 Å². The van der Waals surface area contributed by atoms with E-state index in [4.69, 9.17) is 9.47 Å². The van der Waals surface area contributed by atoms with E-state index in [1.54, 1.807) is 18.2 Å². The summed E-state index contributed by atoms with van der Waals surface area (Å²) >= 11 is 0. The first-order chi connectivity index (χ1) is 20.8. The second-order valence-corrected chi connectivity index (χ2v) is 13.9. The number of pyridine rings is 2. The van der Waals surface area contributed by atoms with E-state index in [2.05, 4.69) is 20.8 Å². The Labute approximate surface area is 252 Å². The van der Waals surface area contributed by atoms with E-state index in [9.17, 15) is 19.2 Å². The zero-order valence-electron chi connectivity index (χ0n) is 25.2. The fraction of sp³-hybridized carbons (Fsp3) is 0.297. The van der Waals surface area contributed by atoms with Crippen LogP contribution in [0, 0.1) is 11.3 Å². The van der Waals surface area contributed by atoms with Gasteiger partial charge in [0.15, 0.2) is 16.6 Å². The summed E-state index contributed by atoms with van der Waals surface area (Å²) in [6, 6.07) is 20.4. The van der Waals surface area contributed by atoms with Crippen LogP contribution in [0.4, 0.5) is 0 Å². The van der Waals surface area contributed by atoms with Crippen LogP contribution < -0.4 is 15.6 Å². The maximum Gasteiger partial charge on any atom is 0.356 e. The average molecular weight is 586 g/mol. The van der Waals surface area contributed by atoms with E-state index >= 15 is 0 Å². The standard InChI is InChI=1S/C37H31NO6/c1-35(2,3)20-17-24-29-25(18-20)32(40)23-14-13-19-9-6-7-10-21(19)28(23)38(29)30-22(31(24)39)11-8-12-27(30)43-34(42)37-16-15-26(33(41)44-37)36(37,4)5/h6-14,17-18,26H,15-16H2,1-5H3. The van der Waals surface area contributed by atoms with Gasteiger partial charge in [0.05, 0.1) is 22.3 Å². The van der Waals surface area contributed by atoms with E-state index in [1.807, 2.05) is 66.8 Å². The van der Waals surface area contributed by atoms with Gasteiger partial charge in [0.1, 0.15) is 5.52 Å². The number of esters is 2. The fourth-order valence-corrected chi connectivity index (χ4v) is 7.72. The number of ether oxygens (including phenoxy) is 2. The van der Waals surface area contributed by atoms with Gasteiger partial charge in [0, 0.05) is 27.0 Å². The van der Waals surface area contributed by atoms with Crippen LogP contribution in [-0.4, -0.2) is 21.9 Å². The summed E-state index contributed by atoms with van der Waals surface area (Å²) in [6.07, 6.45) is 0.921. The third-order valence-electron chi connectivity index (χ3n) is 10.3. The van der Waals surface area contributed by atoms with Crippen LogP contribution in [0.2, 0.25) is 0 Å². The highest BCUT2D eigenvalue weighted by Crippen LogP contribution is 2.58. The Balaban J connectivity index is 1.54. The predicted octanol–water partition coefficient (Wildman–Crippen LogP) is 6.65. The molecule has 0 spiro atoms. The first-order valence-electron chi connectivity index (χ1n) is 15.0. The Morgan fingerprint density at radius 2 is 1.45 bits per heavy atom. The molecule has 7 nitrogen and oxygen atoms in total. The minimum absolute atomic E-state index is 0.161. The lowest BCUT2D eigenvalue weighted by Crippen LogP contribution is -2.49. The van der Waals surface area contributed by atoms with Gasteiger partial charge in [-0.25, -0.2) is 4.79 Å². The van der Waals surface area contributed by atoms with Gasteiger partial charge in [-0.15, -0.1) is 0 Å². The Kier molecular flexibility index (Phi) is 5.14. The summed E-state index contributed by atoms with van der Waals surface area (Å²) in [5.41, 5.74) is -0.496. The Bertz CT molecular complexity index is 2380. The van der Waals surface area contributed by atoms with E-state index in [1.165, 1.54) is 0 Å². The van der Waals surface area contributed by atoms with Gasteiger partial charge >= 0.3 is 11.9 Å². The molecule has 0 amide bonds. The average Bonchev–Trinajstić information content (AvgIpc) is 3.37. The summed E-state index contributed by atoms with van der Waals surface area (Å²) in [6.45, 7) is 9.90. The summed E-state index contributed by atoms with van der Waals surface area (Å²) < 4.78 is 13.9. The van der Waals surface area contributed by atoms with E-state index in [0.29, 0.717) is 50.9 Å². The van der Waals surface area contributed by atoms with Crippen LogP contribution >= 0.6 is 0 Å². The molecule has 2 unspecified atom stereocenters. The first-order valence-corrected chi connectivity index (χ1v) is 15.0. The van der Waals surface area contributed by atoms with Gasteiger partial charge in [-0.05, 0) is 59.5 Å². The highest BCUT2D eigenvalue weighted by Gasteiger charge is 2.70. The maximum absolute atomic E-state index is 14.3. The Hall–Kier alpha value is -4.78. The highest BCUT2D eigenvalue weighted by molar-refractivity contribution is 6.15. The molecule has 7 heteroatoms. The van der Waals surface area contributed by atoms with Gasteiger partial charge in [0.2, 0.25) is 5.60 Å². The lowest BCUT2D eigenvalue weighted by Gasteiger charge is -2.32. The quantitative estimate of drug-likeness (QED) is 0.0979. The summed E-state index contributed by atoms with van der Waals surface area (Å²) in [5.74, 6) is -1.25. The SMILES string of the molecule is CC(C)(C)c1cc2c(=O)c3cccc(OC(=O)C45CCC(C(=O)O4)C5(C)C)c3n3c2c(c1)c(=O)c1ccc2ccccc2c13. The van der Waals surface area contributed by atoms with Crippen LogP contribution in [0.15, 0.2) is 76.3 Å². The molecular weight excluding hydrogens is 554 g/mol. The zero-order chi connectivity index (χ0) is 30.9. The molecule has 1 aliphatic carbocycles. The predicted molar refractivity (Wildman–Crippen MR) is 171 cm³/mol. The molecule has 2 aromatic heterocycles. The molecule has 8 rings (SSSR count). The van der Waals surface area contributed by atoms with Crippen LogP contribution in [0.5, 0.6) is 5.75 Å². The van der Waals surface area contributed by atoms with Crippen molar-refractivity contribution >= 4 is 60.8 Å². The highest BCUT2D eigenvalue weighted by atomic mass is 16.6. The molecule has 2 bridgehead atoms. The monoisotopic (exact) mass is 585 g/mol. The molecule has 0 N–H and O–H groups in total. The normalized spacial score (nSPS) is 21.2. The molecule has 1 saturated heterocycles. The Morgan fingerprint density at radius 3 is 2.09 bits per heavy atom. The van der Waals surface area contributed by atoms with Crippen molar-refractivity contribution in [3.05, 3.63) is 92.7 Å². The molecule has 0 radical (unpaired) electrons. The van der Waals surface area contributed by atoms with Gasteiger partial charge in [-0.2, -0.15) is 0 Å². The van der Waals surface area contributed by atoms with Crippen molar-refractivity contribution in [2.45, 2.75) is 58.5 Å². The molecule has 2 atom stereocenters. The molecule has 220 valence electrons. The molecule has 3 heterocycles. The summed E-state index contributed by atoms with van der Waals surface area (Å²) in [4.78, 5) is 55.3. The van der Waals surface area contributed by atoms with Gasteiger partial charge in [-0.3, -0.25) is 14.4 Å². The third kappa shape index (κ3) is 3.22. The van der Waals surface area contributed by atoms with Gasteiger partial charge < -0.3 is 13.9 Å². The summed E-state index contributed by atoms with van der Waals surface area (Å²) in [7, 11) is 0. The number of nitrogens with zero attached hydrogens (tertiary/aromatic N) is 1. The van der Waals surface area contributed by atoms with Crippen LogP contribution in [-0.2, 0) is 19.7 Å². The molecule has 2 fully saturated rings. The largest absolute Gasteiger partial charge is 0.446 e. The number of benzene rings is 4. The van der Waals surface area contributed by atoms with Crippen molar-refractivity contribution in [1.29, 1.82) is 0 Å². The third-order valence-corrected chi connectivity index (χ3v) is 10.3. The Morgan fingerprint density at radius 1 is 0.818 bits per heavy atom. The molecule has 44 heavy (non-hydrogen) atoms. The molecule has 1 saturated carbocycles. The van der Waals surface area contributed by atoms with E-state index in [0.717, 1.165) is 16.3 Å². The van der Waals surface area contributed by atoms with Gasteiger partial charge in [-0.1, -0.05) is 71.0 Å². The van der Waals surface area contributed by atoms with Crippen molar-refractivity contribution in [2.75, 3.05) is 0 Å². The zero-order valence-corrected chi connectivity index (χ0v) is 25.2. The lowest BCUT2D eigenvalue weighted by molar-refractivity contribution is -0.175. The second-order valence-electron chi connectivity index (χ2n) is 13.9. The molecule has 2 aliphatic rings. The number of aromatic nitrogens is 1. The second kappa shape index (κ2) is 8.44. The maximum atomic E-state index is 14.3. The van der Waals surface area contributed by atoms with E-state index in [-0.39, 0.29) is 33.9 Å². The van der Waals surface area contributed by atoms with Crippen molar-refractivity contribution in [3.8, 4) is 5.75 Å². The number of fused-ring (bicyclic) bond motifs is 8. The number of para-hydroxylation sites is 1. The minimum Gasteiger partial charge on any atom is -0.446 e. The smallest absolute Gasteiger partial charge is 0.356 e. The number of rotatable bonds is 2. The van der Waals surface area contributed by atoms with E-state index < -0.39 is 17.0 Å². The molecular formula is C37H31NO6. The summed E-state index contributed by atoms with van der Waals surface area (Å²) in [5, 5.41) is 3.48. The molecule has 6 aromatic rings. The molecule has 4 aromatic carbocycles. The minimum atomic E-state index is -1.41. The fourth-order valence-electron chi connectivity index (χ4n) is 7.72. The number of carbonyl (C=O) groups is 2. The molecule has 1 aliphatic heterocycles.